The number of rotatable bonds is 4. The number of hydrogen-bond acceptors (Lipinski definition) is 3. The number of pyridine rings is 1. The van der Waals surface area contributed by atoms with Crippen molar-refractivity contribution in [2.24, 2.45) is 0 Å². The summed E-state index contributed by atoms with van der Waals surface area (Å²) in [6.45, 7) is 2.77. The maximum absolute atomic E-state index is 12.3. The minimum Gasteiger partial charge on any atom is -0.381 e. The Kier molecular flexibility index (Phi) is 4.42. The van der Waals surface area contributed by atoms with E-state index < -0.39 is 0 Å². The molecule has 1 fully saturated rings. The number of hydrogen-bond donors (Lipinski definition) is 1. The zero-order chi connectivity index (χ0) is 13.0. The third kappa shape index (κ3) is 2.75. The molecule has 4 heteroatoms. The lowest BCUT2D eigenvalue weighted by atomic mass is 9.92. The number of nitrogens with one attached hydrogen (secondary N) is 1. The van der Waals surface area contributed by atoms with Crippen LogP contribution in [0.3, 0.4) is 0 Å². The number of aromatic nitrogens is 1. The van der Waals surface area contributed by atoms with Crippen molar-refractivity contribution in [3.05, 3.63) is 28.7 Å². The van der Waals surface area contributed by atoms with Crippen LogP contribution >= 0.6 is 0 Å². The SMILES string of the molecule is CCNc1cccn(C2CCC(OC)CC2)c1=O. The van der Waals surface area contributed by atoms with Gasteiger partial charge in [-0.05, 0) is 44.7 Å². The molecule has 100 valence electrons. The molecule has 2 rings (SSSR count). The first kappa shape index (κ1) is 13.1. The summed E-state index contributed by atoms with van der Waals surface area (Å²) >= 11 is 0. The third-order valence-corrected chi connectivity index (χ3v) is 3.71. The predicted molar refractivity (Wildman–Crippen MR) is 73.2 cm³/mol. The smallest absolute Gasteiger partial charge is 0.274 e. The number of nitrogens with zero attached hydrogens (tertiary/aromatic N) is 1. The molecule has 1 aliphatic carbocycles. The molecule has 0 atom stereocenters. The lowest BCUT2D eigenvalue weighted by molar-refractivity contribution is 0.0580. The van der Waals surface area contributed by atoms with Crippen LogP contribution in [0.5, 0.6) is 0 Å². The van der Waals surface area contributed by atoms with Crippen LogP contribution in [-0.2, 0) is 4.74 Å². The minimum atomic E-state index is 0.0974. The van der Waals surface area contributed by atoms with Crippen molar-refractivity contribution < 1.29 is 4.74 Å². The molecule has 1 aliphatic rings. The second-order valence-electron chi connectivity index (χ2n) is 4.83. The standard InChI is InChI=1S/C14H22N2O2/c1-3-15-13-5-4-10-16(14(13)17)11-6-8-12(18-2)9-7-11/h4-5,10-12,15H,3,6-9H2,1-2H3. The van der Waals surface area contributed by atoms with Crippen molar-refractivity contribution in [2.75, 3.05) is 19.0 Å². The van der Waals surface area contributed by atoms with Crippen LogP contribution in [0.1, 0.15) is 38.6 Å². The summed E-state index contributed by atoms with van der Waals surface area (Å²) in [5, 5.41) is 3.12. The highest BCUT2D eigenvalue weighted by molar-refractivity contribution is 5.40. The molecule has 1 heterocycles. The van der Waals surface area contributed by atoms with Gasteiger partial charge in [0.15, 0.2) is 0 Å². The average molecular weight is 250 g/mol. The quantitative estimate of drug-likeness (QED) is 0.892. The number of ether oxygens (including phenoxy) is 1. The van der Waals surface area contributed by atoms with E-state index in [9.17, 15) is 4.79 Å². The van der Waals surface area contributed by atoms with Gasteiger partial charge in [0.2, 0.25) is 0 Å². The Morgan fingerprint density at radius 2 is 2.11 bits per heavy atom. The van der Waals surface area contributed by atoms with Crippen LogP contribution in [0.4, 0.5) is 5.69 Å². The summed E-state index contributed by atoms with van der Waals surface area (Å²) in [4.78, 5) is 12.3. The normalized spacial score (nSPS) is 23.9. The van der Waals surface area contributed by atoms with Crippen LogP contribution in [0.25, 0.3) is 0 Å². The molecule has 0 amide bonds. The van der Waals surface area contributed by atoms with Crippen molar-refractivity contribution in [3.63, 3.8) is 0 Å². The van der Waals surface area contributed by atoms with E-state index in [1.54, 1.807) is 7.11 Å². The molecule has 1 aromatic heterocycles. The highest BCUT2D eigenvalue weighted by Crippen LogP contribution is 2.28. The second-order valence-corrected chi connectivity index (χ2v) is 4.83. The van der Waals surface area contributed by atoms with Crippen molar-refractivity contribution >= 4 is 5.69 Å². The van der Waals surface area contributed by atoms with Crippen molar-refractivity contribution in [3.8, 4) is 0 Å². The molecular formula is C14H22N2O2. The summed E-state index contributed by atoms with van der Waals surface area (Å²) in [7, 11) is 1.77. The molecule has 0 spiro atoms. The second kappa shape index (κ2) is 6.05. The molecule has 1 N–H and O–H groups in total. The molecule has 0 saturated heterocycles. The molecule has 4 nitrogen and oxygen atoms in total. The van der Waals surface area contributed by atoms with Crippen LogP contribution in [-0.4, -0.2) is 24.3 Å². The lowest BCUT2D eigenvalue weighted by Crippen LogP contribution is -2.30. The molecule has 0 bridgehead atoms. The summed E-state index contributed by atoms with van der Waals surface area (Å²) in [6.07, 6.45) is 6.40. The average Bonchev–Trinajstić information content (AvgIpc) is 2.42. The molecule has 0 radical (unpaired) electrons. The van der Waals surface area contributed by atoms with E-state index in [-0.39, 0.29) is 5.56 Å². The molecule has 0 unspecified atom stereocenters. The highest BCUT2D eigenvalue weighted by Gasteiger charge is 2.22. The zero-order valence-electron chi connectivity index (χ0n) is 11.2. The highest BCUT2D eigenvalue weighted by atomic mass is 16.5. The summed E-state index contributed by atoms with van der Waals surface area (Å²) in [6, 6.07) is 4.12. The zero-order valence-corrected chi connectivity index (χ0v) is 11.2. The predicted octanol–water partition coefficient (Wildman–Crippen LogP) is 2.41. The van der Waals surface area contributed by atoms with Crippen LogP contribution in [0.15, 0.2) is 23.1 Å². The van der Waals surface area contributed by atoms with E-state index in [0.717, 1.165) is 32.2 Å². The largest absolute Gasteiger partial charge is 0.381 e. The van der Waals surface area contributed by atoms with Gasteiger partial charge in [-0.25, -0.2) is 0 Å². The van der Waals surface area contributed by atoms with Crippen LogP contribution < -0.4 is 10.9 Å². The van der Waals surface area contributed by atoms with Gasteiger partial charge in [0, 0.05) is 25.9 Å². The van der Waals surface area contributed by atoms with Gasteiger partial charge in [-0.3, -0.25) is 4.79 Å². The number of anilines is 1. The Bertz CT molecular complexity index is 434. The Labute approximate surface area is 108 Å². The molecule has 0 aliphatic heterocycles. The molecule has 0 aromatic carbocycles. The molecule has 1 aromatic rings. The van der Waals surface area contributed by atoms with E-state index in [4.69, 9.17) is 4.74 Å². The fraction of sp³-hybridized carbons (Fsp3) is 0.643. The maximum atomic E-state index is 12.3. The van der Waals surface area contributed by atoms with Gasteiger partial charge in [-0.15, -0.1) is 0 Å². The maximum Gasteiger partial charge on any atom is 0.274 e. The Morgan fingerprint density at radius 1 is 1.39 bits per heavy atom. The molecular weight excluding hydrogens is 228 g/mol. The van der Waals surface area contributed by atoms with E-state index in [2.05, 4.69) is 5.32 Å². The molecule has 18 heavy (non-hydrogen) atoms. The monoisotopic (exact) mass is 250 g/mol. The van der Waals surface area contributed by atoms with Gasteiger partial charge >= 0.3 is 0 Å². The van der Waals surface area contributed by atoms with Gasteiger partial charge in [-0.2, -0.15) is 0 Å². The van der Waals surface area contributed by atoms with Crippen molar-refractivity contribution in [2.45, 2.75) is 44.8 Å². The first-order valence-corrected chi connectivity index (χ1v) is 6.74. The Balaban J connectivity index is 2.14. The van der Waals surface area contributed by atoms with E-state index in [1.165, 1.54) is 0 Å². The van der Waals surface area contributed by atoms with Crippen LogP contribution in [0.2, 0.25) is 0 Å². The minimum absolute atomic E-state index is 0.0974. The summed E-state index contributed by atoms with van der Waals surface area (Å²) in [5.74, 6) is 0. The molecule has 1 saturated carbocycles. The summed E-state index contributed by atoms with van der Waals surface area (Å²) < 4.78 is 7.25. The van der Waals surface area contributed by atoms with Crippen molar-refractivity contribution in [1.29, 1.82) is 0 Å². The fourth-order valence-corrected chi connectivity index (χ4v) is 2.68. The van der Waals surface area contributed by atoms with Gasteiger partial charge < -0.3 is 14.6 Å². The summed E-state index contributed by atoms with van der Waals surface area (Å²) in [5.41, 5.74) is 0.800. The van der Waals surface area contributed by atoms with Gasteiger partial charge in [0.05, 0.1) is 6.10 Å². The van der Waals surface area contributed by atoms with Gasteiger partial charge in [0.1, 0.15) is 5.69 Å². The Hall–Kier alpha value is -1.29. The topological polar surface area (TPSA) is 43.3 Å². The van der Waals surface area contributed by atoms with Crippen LogP contribution in [0, 0.1) is 0 Å². The van der Waals surface area contributed by atoms with Gasteiger partial charge in [-0.1, -0.05) is 0 Å². The van der Waals surface area contributed by atoms with E-state index >= 15 is 0 Å². The van der Waals surface area contributed by atoms with E-state index in [0.29, 0.717) is 17.8 Å². The first-order valence-electron chi connectivity index (χ1n) is 6.74. The first-order chi connectivity index (χ1) is 8.76. The lowest BCUT2D eigenvalue weighted by Gasteiger charge is -2.29. The van der Waals surface area contributed by atoms with E-state index in [1.807, 2.05) is 29.8 Å². The number of methoxy groups -OCH3 is 1. The van der Waals surface area contributed by atoms with Gasteiger partial charge in [0.25, 0.3) is 5.56 Å². The Morgan fingerprint density at radius 3 is 2.72 bits per heavy atom. The van der Waals surface area contributed by atoms with Crippen molar-refractivity contribution in [1.82, 2.24) is 4.57 Å². The fourth-order valence-electron chi connectivity index (χ4n) is 2.68. The third-order valence-electron chi connectivity index (χ3n) is 3.71.